The first-order valence-electron chi connectivity index (χ1n) is 6.78. The molecule has 2 rings (SSSR count). The van der Waals surface area contributed by atoms with Gasteiger partial charge in [0.25, 0.3) is 5.69 Å². The molecule has 0 amide bonds. The molecule has 1 aliphatic rings. The number of hydrogen-bond acceptors (Lipinski definition) is 5. The number of sulfonamides is 1. The second kappa shape index (κ2) is 7.36. The average Bonchev–Trinajstić information content (AvgIpc) is 2.46. The van der Waals surface area contributed by atoms with E-state index in [0.717, 1.165) is 12.8 Å². The molecule has 9 heteroatoms. The van der Waals surface area contributed by atoms with Crippen molar-refractivity contribution < 1.29 is 13.3 Å². The molecule has 1 heterocycles. The van der Waals surface area contributed by atoms with Crippen LogP contribution in [0.2, 0.25) is 0 Å². The molecule has 1 aromatic carbocycles. The Kier molecular flexibility index (Phi) is 6.30. The summed E-state index contributed by atoms with van der Waals surface area (Å²) in [6.45, 7) is 2.43. The maximum Gasteiger partial charge on any atom is 0.289 e. The minimum Gasteiger partial charge on any atom is -0.316 e. The molecule has 7 nitrogen and oxygen atoms in total. The van der Waals surface area contributed by atoms with Crippen molar-refractivity contribution in [2.24, 2.45) is 0 Å². The Labute approximate surface area is 136 Å². The largest absolute Gasteiger partial charge is 0.316 e. The summed E-state index contributed by atoms with van der Waals surface area (Å²) in [6, 6.07) is 4.29. The van der Waals surface area contributed by atoms with Gasteiger partial charge < -0.3 is 5.32 Å². The monoisotopic (exact) mass is 349 g/mol. The van der Waals surface area contributed by atoms with E-state index in [1.807, 2.05) is 0 Å². The third-order valence-corrected chi connectivity index (χ3v) is 5.63. The van der Waals surface area contributed by atoms with Gasteiger partial charge in [0.15, 0.2) is 4.90 Å². The van der Waals surface area contributed by atoms with Crippen molar-refractivity contribution in [3.63, 3.8) is 0 Å². The fraction of sp³-hybridized carbons (Fsp3) is 0.538. The zero-order chi connectivity index (χ0) is 15.6. The third-order valence-electron chi connectivity index (χ3n) is 3.72. The Morgan fingerprint density at radius 2 is 2.09 bits per heavy atom. The number of nitrogens with one attached hydrogen (secondary N) is 1. The number of halogens is 1. The van der Waals surface area contributed by atoms with E-state index in [1.54, 1.807) is 20.0 Å². The number of nitrogens with zero attached hydrogens (tertiary/aromatic N) is 2. The molecule has 0 radical (unpaired) electrons. The van der Waals surface area contributed by atoms with Gasteiger partial charge in [-0.05, 0) is 38.4 Å². The highest BCUT2D eigenvalue weighted by Crippen LogP contribution is 2.29. The number of likely N-dealkylation sites (N-methyl/N-ethyl adjacent to an activating group) is 1. The van der Waals surface area contributed by atoms with Crippen LogP contribution in [-0.4, -0.2) is 43.8 Å². The van der Waals surface area contributed by atoms with Crippen molar-refractivity contribution in [2.45, 2.75) is 30.7 Å². The van der Waals surface area contributed by atoms with E-state index in [9.17, 15) is 18.5 Å². The molecule has 0 bridgehead atoms. The predicted octanol–water partition coefficient (Wildman–Crippen LogP) is 1.70. The topological polar surface area (TPSA) is 92.6 Å². The maximum atomic E-state index is 12.7. The lowest BCUT2D eigenvalue weighted by molar-refractivity contribution is -0.387. The summed E-state index contributed by atoms with van der Waals surface area (Å²) in [5.41, 5.74) is 0.300. The second-order valence-corrected chi connectivity index (χ2v) is 7.13. The molecule has 1 unspecified atom stereocenters. The van der Waals surface area contributed by atoms with Crippen molar-refractivity contribution in [2.75, 3.05) is 20.1 Å². The highest BCUT2D eigenvalue weighted by atomic mass is 35.5. The normalized spacial score (nSPS) is 19.5. The van der Waals surface area contributed by atoms with Gasteiger partial charge in [-0.25, -0.2) is 8.42 Å². The number of nitro groups is 1. The molecular weight excluding hydrogens is 330 g/mol. The number of rotatable bonds is 4. The molecule has 0 spiro atoms. The van der Waals surface area contributed by atoms with Gasteiger partial charge in [0, 0.05) is 25.2 Å². The Bertz CT molecular complexity index is 651. The second-order valence-electron chi connectivity index (χ2n) is 5.22. The van der Waals surface area contributed by atoms with Crippen LogP contribution in [0.1, 0.15) is 18.4 Å². The zero-order valence-electron chi connectivity index (χ0n) is 12.5. The first-order valence-corrected chi connectivity index (χ1v) is 8.22. The van der Waals surface area contributed by atoms with Crippen LogP contribution < -0.4 is 5.32 Å². The van der Waals surface area contributed by atoms with Crippen LogP contribution in [0.3, 0.4) is 0 Å². The molecule has 1 atom stereocenters. The van der Waals surface area contributed by atoms with Gasteiger partial charge in [0.2, 0.25) is 10.0 Å². The van der Waals surface area contributed by atoms with Gasteiger partial charge in [0.05, 0.1) is 4.92 Å². The van der Waals surface area contributed by atoms with Gasteiger partial charge >= 0.3 is 0 Å². The lowest BCUT2D eigenvalue weighted by atomic mass is 10.1. The highest BCUT2D eigenvalue weighted by molar-refractivity contribution is 7.89. The van der Waals surface area contributed by atoms with Crippen LogP contribution in [0.4, 0.5) is 5.69 Å². The summed E-state index contributed by atoms with van der Waals surface area (Å²) >= 11 is 0. The highest BCUT2D eigenvalue weighted by Gasteiger charge is 2.34. The molecule has 22 heavy (non-hydrogen) atoms. The van der Waals surface area contributed by atoms with Crippen LogP contribution in [0.25, 0.3) is 0 Å². The number of nitro benzene ring substituents is 1. The average molecular weight is 350 g/mol. The van der Waals surface area contributed by atoms with E-state index in [4.69, 9.17) is 0 Å². The van der Waals surface area contributed by atoms with Crippen LogP contribution in [-0.2, 0) is 10.0 Å². The molecule has 0 aliphatic carbocycles. The van der Waals surface area contributed by atoms with Crippen molar-refractivity contribution in [1.82, 2.24) is 9.62 Å². The van der Waals surface area contributed by atoms with Crippen molar-refractivity contribution in [3.05, 3.63) is 33.9 Å². The van der Waals surface area contributed by atoms with Crippen LogP contribution in [0.5, 0.6) is 0 Å². The summed E-state index contributed by atoms with van der Waals surface area (Å²) in [5.74, 6) is 0. The minimum atomic E-state index is -3.85. The number of hydrogen-bond donors (Lipinski definition) is 1. The smallest absolute Gasteiger partial charge is 0.289 e. The summed E-state index contributed by atoms with van der Waals surface area (Å²) in [4.78, 5) is 10.3. The molecule has 1 saturated heterocycles. The SMILES string of the molecule is CNC1CCCN(S(=O)(=O)c2ccc(C)cc2[N+](=O)[O-])C1.Cl. The standard InChI is InChI=1S/C13H19N3O4S.ClH/c1-10-5-6-13(12(8-10)16(17)18)21(19,20)15-7-3-4-11(9-15)14-2;/h5-6,8,11,14H,3-4,7,9H2,1-2H3;1H. The van der Waals surface area contributed by atoms with Crippen LogP contribution in [0, 0.1) is 17.0 Å². The van der Waals surface area contributed by atoms with Crippen molar-refractivity contribution >= 4 is 28.1 Å². The lowest BCUT2D eigenvalue weighted by Gasteiger charge is -2.31. The first kappa shape index (κ1) is 18.8. The summed E-state index contributed by atoms with van der Waals surface area (Å²) in [5, 5.41) is 14.2. The van der Waals surface area contributed by atoms with Gasteiger partial charge in [-0.1, -0.05) is 6.07 Å². The Balaban J connectivity index is 0.00000242. The van der Waals surface area contributed by atoms with Gasteiger partial charge in [0.1, 0.15) is 0 Å². The summed E-state index contributed by atoms with van der Waals surface area (Å²) in [7, 11) is -2.06. The maximum absolute atomic E-state index is 12.7. The molecular formula is C13H20ClN3O4S. The van der Waals surface area contributed by atoms with E-state index < -0.39 is 14.9 Å². The summed E-state index contributed by atoms with van der Waals surface area (Å²) < 4.78 is 26.7. The van der Waals surface area contributed by atoms with Crippen LogP contribution >= 0.6 is 12.4 Å². The van der Waals surface area contributed by atoms with E-state index >= 15 is 0 Å². The van der Waals surface area contributed by atoms with Gasteiger partial charge in [-0.3, -0.25) is 10.1 Å². The first-order chi connectivity index (χ1) is 9.86. The Morgan fingerprint density at radius 1 is 1.41 bits per heavy atom. The Morgan fingerprint density at radius 3 is 2.68 bits per heavy atom. The lowest BCUT2D eigenvalue weighted by Crippen LogP contribution is -2.46. The Hall–Kier alpha value is -1.22. The summed E-state index contributed by atoms with van der Waals surface area (Å²) in [6.07, 6.45) is 1.64. The molecule has 0 saturated carbocycles. The van der Waals surface area contributed by atoms with Crippen molar-refractivity contribution in [1.29, 1.82) is 0 Å². The van der Waals surface area contributed by atoms with E-state index in [-0.39, 0.29) is 29.0 Å². The van der Waals surface area contributed by atoms with Gasteiger partial charge in [-0.15, -0.1) is 12.4 Å². The predicted molar refractivity (Wildman–Crippen MR) is 85.9 cm³/mol. The number of aryl methyl sites for hydroxylation is 1. The fourth-order valence-electron chi connectivity index (χ4n) is 2.52. The van der Waals surface area contributed by atoms with E-state index in [0.29, 0.717) is 18.7 Å². The molecule has 0 aromatic heterocycles. The molecule has 1 fully saturated rings. The zero-order valence-corrected chi connectivity index (χ0v) is 14.1. The van der Waals surface area contributed by atoms with E-state index in [1.165, 1.54) is 16.4 Å². The molecule has 124 valence electrons. The van der Waals surface area contributed by atoms with Crippen molar-refractivity contribution in [3.8, 4) is 0 Å². The quantitative estimate of drug-likeness (QED) is 0.659. The number of benzene rings is 1. The molecule has 1 aliphatic heterocycles. The van der Waals surface area contributed by atoms with Crippen LogP contribution in [0.15, 0.2) is 23.1 Å². The van der Waals surface area contributed by atoms with Gasteiger partial charge in [-0.2, -0.15) is 4.31 Å². The van der Waals surface area contributed by atoms with E-state index in [2.05, 4.69) is 5.32 Å². The third kappa shape index (κ3) is 3.75. The minimum absolute atomic E-state index is 0. The fourth-order valence-corrected chi connectivity index (χ4v) is 4.19. The molecule has 1 N–H and O–H groups in total. The number of piperidine rings is 1. The molecule has 1 aromatic rings.